The molecule has 4 rings (SSSR count). The van der Waals surface area contributed by atoms with Gasteiger partial charge >= 0.3 is 0 Å². The summed E-state index contributed by atoms with van der Waals surface area (Å²) in [6, 6.07) is 15.2. The van der Waals surface area contributed by atoms with Crippen molar-refractivity contribution in [2.45, 2.75) is 6.42 Å². The van der Waals surface area contributed by atoms with E-state index in [4.69, 9.17) is 11.6 Å². The van der Waals surface area contributed by atoms with Crippen LogP contribution in [0.3, 0.4) is 0 Å². The molecule has 0 aliphatic heterocycles. The molecule has 112 valence electrons. The molecule has 3 nitrogen and oxygen atoms in total. The number of pyridine rings is 2. The smallest absolute Gasteiger partial charge is 0.129 e. The normalized spacial score (nSPS) is 11.2. The van der Waals surface area contributed by atoms with Crippen molar-refractivity contribution in [1.82, 2.24) is 9.97 Å². The van der Waals surface area contributed by atoms with Gasteiger partial charge in [0.05, 0.1) is 5.52 Å². The Balaban J connectivity index is 1.97. The lowest BCUT2D eigenvalue weighted by Gasteiger charge is -2.14. The Kier molecular flexibility index (Phi) is 3.36. The Bertz CT molecular complexity index is 1010. The molecule has 0 N–H and O–H groups in total. The Labute approximate surface area is 138 Å². The molecule has 0 radical (unpaired) electrons. The number of halogens is 1. The van der Waals surface area contributed by atoms with Crippen LogP contribution < -0.4 is 5.11 Å². The lowest BCUT2D eigenvalue weighted by atomic mass is 9.96. The minimum absolute atomic E-state index is 0.00349. The van der Waals surface area contributed by atoms with Gasteiger partial charge in [-0.15, -0.1) is 0 Å². The van der Waals surface area contributed by atoms with Crippen LogP contribution in [-0.2, 0) is 6.42 Å². The highest BCUT2D eigenvalue weighted by Gasteiger charge is 2.08. The van der Waals surface area contributed by atoms with Gasteiger partial charge in [0.15, 0.2) is 0 Å². The van der Waals surface area contributed by atoms with Crippen molar-refractivity contribution < 1.29 is 5.11 Å². The largest absolute Gasteiger partial charge is 0.872 e. The summed E-state index contributed by atoms with van der Waals surface area (Å²) in [7, 11) is 0. The zero-order chi connectivity index (χ0) is 15.8. The Morgan fingerprint density at radius 1 is 0.913 bits per heavy atom. The van der Waals surface area contributed by atoms with Crippen LogP contribution in [0.15, 0.2) is 60.9 Å². The average Bonchev–Trinajstić information content (AvgIpc) is 2.58. The van der Waals surface area contributed by atoms with Crippen LogP contribution in [0, 0.1) is 0 Å². The van der Waals surface area contributed by atoms with E-state index < -0.39 is 0 Å². The topological polar surface area (TPSA) is 48.8 Å². The van der Waals surface area contributed by atoms with E-state index in [0.717, 1.165) is 27.4 Å². The van der Waals surface area contributed by atoms with Crippen molar-refractivity contribution in [2.24, 2.45) is 0 Å². The maximum Gasteiger partial charge on any atom is 0.129 e. The third-order valence-corrected chi connectivity index (χ3v) is 4.20. The summed E-state index contributed by atoms with van der Waals surface area (Å²) < 4.78 is 0. The number of nitrogens with zero attached hydrogens (tertiary/aromatic N) is 2. The molecular weight excluding hydrogens is 308 g/mol. The van der Waals surface area contributed by atoms with E-state index in [9.17, 15) is 5.11 Å². The molecule has 0 spiro atoms. The molecule has 0 unspecified atom stereocenters. The van der Waals surface area contributed by atoms with Crippen molar-refractivity contribution in [3.63, 3.8) is 0 Å². The number of hydrogen-bond donors (Lipinski definition) is 0. The number of fused-ring (bicyclic) bond motifs is 3. The molecule has 0 bridgehead atoms. The average molecular weight is 320 g/mol. The van der Waals surface area contributed by atoms with Crippen molar-refractivity contribution in [3.05, 3.63) is 77.2 Å². The van der Waals surface area contributed by atoms with Gasteiger partial charge in [-0.3, -0.25) is 4.98 Å². The van der Waals surface area contributed by atoms with Gasteiger partial charge in [0, 0.05) is 17.8 Å². The lowest BCUT2D eigenvalue weighted by molar-refractivity contribution is -0.265. The van der Waals surface area contributed by atoms with Crippen LogP contribution in [0.5, 0.6) is 5.75 Å². The lowest BCUT2D eigenvalue weighted by Crippen LogP contribution is -1.96. The first-order valence-corrected chi connectivity index (χ1v) is 7.67. The zero-order valence-electron chi connectivity index (χ0n) is 12.2. The Hall–Kier alpha value is -2.65. The van der Waals surface area contributed by atoms with Gasteiger partial charge in [0.1, 0.15) is 5.15 Å². The molecule has 0 atom stereocenters. The molecule has 2 aromatic carbocycles. The fourth-order valence-electron chi connectivity index (χ4n) is 2.91. The van der Waals surface area contributed by atoms with Crippen LogP contribution in [0.2, 0.25) is 5.15 Å². The van der Waals surface area contributed by atoms with E-state index in [1.54, 1.807) is 18.5 Å². The summed E-state index contributed by atoms with van der Waals surface area (Å²) in [5, 5.41) is 15.4. The van der Waals surface area contributed by atoms with Gasteiger partial charge in [-0.2, -0.15) is 0 Å². The molecule has 4 aromatic rings. The van der Waals surface area contributed by atoms with E-state index in [2.05, 4.69) is 16.0 Å². The molecule has 4 heteroatoms. The van der Waals surface area contributed by atoms with Gasteiger partial charge in [-0.1, -0.05) is 53.7 Å². The molecule has 0 saturated heterocycles. The first-order chi connectivity index (χ1) is 11.2. The van der Waals surface area contributed by atoms with Gasteiger partial charge in [0.25, 0.3) is 0 Å². The fourth-order valence-corrected chi connectivity index (χ4v) is 3.02. The summed E-state index contributed by atoms with van der Waals surface area (Å²) >= 11 is 5.85. The van der Waals surface area contributed by atoms with E-state index in [1.807, 2.05) is 30.3 Å². The summed E-state index contributed by atoms with van der Waals surface area (Å²) in [6.07, 6.45) is 4.03. The standard InChI is InChI=1S/C19H13ClN2O/c20-18-6-5-12(11-22-18)9-13-10-16-17(23)7-8-21-19(16)15-4-2-1-3-14(13)15/h1-8,10-11H,9H2,(H,21,23)/p-1. The van der Waals surface area contributed by atoms with Crippen molar-refractivity contribution >= 4 is 33.3 Å². The summed E-state index contributed by atoms with van der Waals surface area (Å²) in [5.41, 5.74) is 2.89. The molecule has 23 heavy (non-hydrogen) atoms. The molecule has 2 aromatic heterocycles. The number of rotatable bonds is 2. The van der Waals surface area contributed by atoms with Crippen LogP contribution in [0.25, 0.3) is 21.7 Å². The van der Waals surface area contributed by atoms with E-state index in [0.29, 0.717) is 17.0 Å². The van der Waals surface area contributed by atoms with Crippen molar-refractivity contribution in [3.8, 4) is 5.75 Å². The second kappa shape index (κ2) is 5.52. The van der Waals surface area contributed by atoms with Crippen molar-refractivity contribution in [2.75, 3.05) is 0 Å². The molecule has 0 amide bonds. The second-order valence-corrected chi connectivity index (χ2v) is 5.84. The van der Waals surface area contributed by atoms with Gasteiger partial charge in [-0.05, 0) is 40.5 Å². The molecule has 0 aliphatic rings. The number of aromatic nitrogens is 2. The third-order valence-electron chi connectivity index (χ3n) is 3.98. The summed E-state index contributed by atoms with van der Waals surface area (Å²) in [6.45, 7) is 0. The minimum atomic E-state index is -0.00349. The van der Waals surface area contributed by atoms with Gasteiger partial charge < -0.3 is 5.11 Å². The van der Waals surface area contributed by atoms with E-state index >= 15 is 0 Å². The molecule has 2 heterocycles. The minimum Gasteiger partial charge on any atom is -0.872 e. The van der Waals surface area contributed by atoms with Crippen LogP contribution in [-0.4, -0.2) is 9.97 Å². The highest BCUT2D eigenvalue weighted by Crippen LogP contribution is 2.32. The SMILES string of the molecule is [O-]c1ccnc2c1cc(Cc1ccc(Cl)nc1)c1ccccc12. The number of benzene rings is 2. The van der Waals surface area contributed by atoms with Gasteiger partial charge in [-0.25, -0.2) is 4.98 Å². The highest BCUT2D eigenvalue weighted by molar-refractivity contribution is 6.29. The maximum atomic E-state index is 12.2. The van der Waals surface area contributed by atoms with Gasteiger partial charge in [0.2, 0.25) is 0 Å². The quantitative estimate of drug-likeness (QED) is 0.413. The summed E-state index contributed by atoms with van der Waals surface area (Å²) in [4.78, 5) is 8.53. The number of hydrogen-bond acceptors (Lipinski definition) is 3. The predicted molar refractivity (Wildman–Crippen MR) is 90.7 cm³/mol. The van der Waals surface area contributed by atoms with Crippen LogP contribution in [0.4, 0.5) is 0 Å². The first-order valence-electron chi connectivity index (χ1n) is 7.29. The summed E-state index contributed by atoms with van der Waals surface area (Å²) in [5.74, 6) is -0.00349. The molecular formula is C19H12ClN2O-. The van der Waals surface area contributed by atoms with Crippen LogP contribution >= 0.6 is 11.6 Å². The monoisotopic (exact) mass is 319 g/mol. The predicted octanol–water partition coefficient (Wildman–Crippen LogP) is 4.10. The van der Waals surface area contributed by atoms with E-state index in [1.165, 1.54) is 6.07 Å². The molecule has 0 fully saturated rings. The van der Waals surface area contributed by atoms with Crippen LogP contribution in [0.1, 0.15) is 11.1 Å². The Morgan fingerprint density at radius 2 is 1.74 bits per heavy atom. The molecule has 0 aliphatic carbocycles. The first kappa shape index (κ1) is 14.0. The zero-order valence-corrected chi connectivity index (χ0v) is 12.9. The highest BCUT2D eigenvalue weighted by atomic mass is 35.5. The fraction of sp³-hybridized carbons (Fsp3) is 0.0526. The third kappa shape index (κ3) is 2.49. The molecule has 0 saturated carbocycles. The Morgan fingerprint density at radius 3 is 2.52 bits per heavy atom. The van der Waals surface area contributed by atoms with E-state index in [-0.39, 0.29) is 5.75 Å². The maximum absolute atomic E-state index is 12.2. The van der Waals surface area contributed by atoms with Crippen molar-refractivity contribution in [1.29, 1.82) is 0 Å². The second-order valence-electron chi connectivity index (χ2n) is 5.45.